The van der Waals surface area contributed by atoms with E-state index in [4.69, 9.17) is 9.47 Å². The van der Waals surface area contributed by atoms with E-state index >= 15 is 0 Å². The highest BCUT2D eigenvalue weighted by atomic mass is 79.9. The number of likely N-dealkylation sites (tertiary alicyclic amines) is 1. The number of benzene rings is 1. The lowest BCUT2D eigenvalue weighted by atomic mass is 9.97. The molecule has 0 radical (unpaired) electrons. The molecule has 1 N–H and O–H groups in total. The lowest BCUT2D eigenvalue weighted by Crippen LogP contribution is -3.13. The van der Waals surface area contributed by atoms with E-state index in [1.54, 1.807) is 4.90 Å². The van der Waals surface area contributed by atoms with Crippen LogP contribution in [0.4, 0.5) is 0 Å². The second-order valence-corrected chi connectivity index (χ2v) is 7.02. The van der Waals surface area contributed by atoms with Crippen LogP contribution in [0.25, 0.3) is 0 Å². The first kappa shape index (κ1) is 18.3. The number of hydrogen-bond acceptors (Lipinski definition) is 3. The molecule has 0 amide bonds. The van der Waals surface area contributed by atoms with Gasteiger partial charge in [-0.1, -0.05) is 6.07 Å². The molecule has 2 rings (SSSR count). The number of aryl methyl sites for hydroxylation is 1. The molecule has 1 fully saturated rings. The second-order valence-electron chi connectivity index (χ2n) is 6.16. The van der Waals surface area contributed by atoms with Crippen LogP contribution in [0.3, 0.4) is 0 Å². The molecule has 0 spiro atoms. The lowest BCUT2D eigenvalue weighted by molar-refractivity contribution is -0.906. The number of esters is 1. The van der Waals surface area contributed by atoms with Gasteiger partial charge in [-0.25, -0.2) is 0 Å². The number of nitrogens with one attached hydrogen (secondary N) is 1. The Morgan fingerprint density at radius 3 is 2.74 bits per heavy atom. The first-order valence-corrected chi connectivity index (χ1v) is 9.28. The van der Waals surface area contributed by atoms with Gasteiger partial charge in [0.2, 0.25) is 0 Å². The molecule has 1 saturated heterocycles. The number of halogens is 1. The van der Waals surface area contributed by atoms with Gasteiger partial charge in [-0.15, -0.1) is 0 Å². The predicted octanol–water partition coefficient (Wildman–Crippen LogP) is 2.38. The van der Waals surface area contributed by atoms with Gasteiger partial charge in [-0.05, 0) is 47.5 Å². The monoisotopic (exact) mass is 384 g/mol. The van der Waals surface area contributed by atoms with Crippen molar-refractivity contribution >= 4 is 21.9 Å². The van der Waals surface area contributed by atoms with Crippen molar-refractivity contribution in [3.8, 4) is 5.75 Å². The SMILES string of the molecule is CCOC(=O)C1CC[NH+](CCCOc2ccc(C)cc2Br)CC1. The fraction of sp³-hybridized carbons (Fsp3) is 0.611. The average molecular weight is 385 g/mol. The molecule has 4 nitrogen and oxygen atoms in total. The summed E-state index contributed by atoms with van der Waals surface area (Å²) in [5.41, 5.74) is 1.22. The number of carbonyl (C=O) groups is 1. The lowest BCUT2D eigenvalue weighted by Gasteiger charge is -2.28. The van der Waals surface area contributed by atoms with Gasteiger partial charge in [-0.2, -0.15) is 0 Å². The number of hydrogen-bond donors (Lipinski definition) is 1. The average Bonchev–Trinajstić information content (AvgIpc) is 2.54. The van der Waals surface area contributed by atoms with Crippen LogP contribution in [0.1, 0.15) is 31.7 Å². The van der Waals surface area contributed by atoms with E-state index in [0.29, 0.717) is 6.61 Å². The number of quaternary nitrogens is 1. The maximum atomic E-state index is 11.7. The molecule has 1 heterocycles. The first-order valence-electron chi connectivity index (χ1n) is 8.49. The van der Waals surface area contributed by atoms with Gasteiger partial charge >= 0.3 is 5.97 Å². The van der Waals surface area contributed by atoms with Gasteiger partial charge in [0.15, 0.2) is 0 Å². The summed E-state index contributed by atoms with van der Waals surface area (Å²) in [5.74, 6) is 1.00. The van der Waals surface area contributed by atoms with Crippen molar-refractivity contribution in [2.75, 3.05) is 32.8 Å². The van der Waals surface area contributed by atoms with Crippen molar-refractivity contribution in [2.45, 2.75) is 33.1 Å². The third-order valence-corrected chi connectivity index (χ3v) is 4.95. The molecule has 0 saturated carbocycles. The van der Waals surface area contributed by atoms with Crippen LogP contribution in [-0.4, -0.2) is 38.8 Å². The Kier molecular flexibility index (Phi) is 7.37. The number of rotatable bonds is 7. The van der Waals surface area contributed by atoms with Crippen LogP contribution >= 0.6 is 15.9 Å². The molecular formula is C18H27BrNO3+. The molecule has 0 unspecified atom stereocenters. The highest BCUT2D eigenvalue weighted by molar-refractivity contribution is 9.10. The van der Waals surface area contributed by atoms with Gasteiger partial charge in [0, 0.05) is 19.3 Å². The van der Waals surface area contributed by atoms with Crippen LogP contribution in [0.15, 0.2) is 22.7 Å². The van der Waals surface area contributed by atoms with E-state index in [9.17, 15) is 4.79 Å². The zero-order chi connectivity index (χ0) is 16.7. The summed E-state index contributed by atoms with van der Waals surface area (Å²) < 4.78 is 12.0. The van der Waals surface area contributed by atoms with Crippen molar-refractivity contribution in [3.63, 3.8) is 0 Å². The minimum atomic E-state index is -0.0147. The zero-order valence-electron chi connectivity index (χ0n) is 14.1. The number of ether oxygens (including phenoxy) is 2. The molecule has 23 heavy (non-hydrogen) atoms. The van der Waals surface area contributed by atoms with Crippen molar-refractivity contribution in [2.24, 2.45) is 5.92 Å². The molecular weight excluding hydrogens is 358 g/mol. The Bertz CT molecular complexity index is 513. The van der Waals surface area contributed by atoms with Crippen molar-refractivity contribution in [1.29, 1.82) is 0 Å². The molecule has 128 valence electrons. The summed E-state index contributed by atoms with van der Waals surface area (Å²) in [7, 11) is 0. The first-order chi connectivity index (χ1) is 11.1. The third kappa shape index (κ3) is 5.81. The van der Waals surface area contributed by atoms with E-state index in [-0.39, 0.29) is 11.9 Å². The summed E-state index contributed by atoms with van der Waals surface area (Å²) in [6, 6.07) is 6.14. The highest BCUT2D eigenvalue weighted by Crippen LogP contribution is 2.25. The van der Waals surface area contributed by atoms with E-state index in [0.717, 1.165) is 55.7 Å². The molecule has 1 aliphatic rings. The summed E-state index contributed by atoms with van der Waals surface area (Å²) >= 11 is 3.53. The van der Waals surface area contributed by atoms with E-state index in [1.165, 1.54) is 5.56 Å². The minimum absolute atomic E-state index is 0.0147. The quantitative estimate of drug-likeness (QED) is 0.579. The molecule has 1 aromatic rings. The van der Waals surface area contributed by atoms with E-state index in [2.05, 4.69) is 35.0 Å². The largest absolute Gasteiger partial charge is 0.492 e. The van der Waals surface area contributed by atoms with Crippen LogP contribution in [0.2, 0.25) is 0 Å². The molecule has 0 bridgehead atoms. The maximum absolute atomic E-state index is 11.7. The van der Waals surface area contributed by atoms with Gasteiger partial charge in [0.25, 0.3) is 0 Å². The normalized spacial score (nSPS) is 21.0. The third-order valence-electron chi connectivity index (χ3n) is 4.33. The number of carbonyl (C=O) groups excluding carboxylic acids is 1. The Morgan fingerprint density at radius 2 is 2.09 bits per heavy atom. The maximum Gasteiger partial charge on any atom is 0.309 e. The minimum Gasteiger partial charge on any atom is -0.492 e. The van der Waals surface area contributed by atoms with Crippen molar-refractivity contribution in [1.82, 2.24) is 0 Å². The second kappa shape index (κ2) is 9.28. The smallest absolute Gasteiger partial charge is 0.309 e. The fourth-order valence-corrected chi connectivity index (χ4v) is 3.61. The van der Waals surface area contributed by atoms with Crippen LogP contribution in [-0.2, 0) is 9.53 Å². The Labute approximate surface area is 147 Å². The Balaban J connectivity index is 1.63. The van der Waals surface area contributed by atoms with E-state index in [1.807, 2.05) is 13.0 Å². The highest BCUT2D eigenvalue weighted by Gasteiger charge is 2.27. The fourth-order valence-electron chi connectivity index (χ4n) is 3.00. The standard InChI is InChI=1S/C18H26BrNO3/c1-3-22-18(21)15-7-10-20(11-8-15)9-4-12-23-17-6-5-14(2)13-16(17)19/h5-6,13,15H,3-4,7-12H2,1-2H3/p+1. The topological polar surface area (TPSA) is 40.0 Å². The van der Waals surface area contributed by atoms with Gasteiger partial charge in [0.1, 0.15) is 5.75 Å². The molecule has 1 aliphatic heterocycles. The van der Waals surface area contributed by atoms with Crippen LogP contribution < -0.4 is 9.64 Å². The molecule has 1 aromatic carbocycles. The number of piperidine rings is 1. The molecule has 0 aliphatic carbocycles. The molecule has 5 heteroatoms. The van der Waals surface area contributed by atoms with Crippen molar-refractivity contribution < 1.29 is 19.2 Å². The Morgan fingerprint density at radius 1 is 1.35 bits per heavy atom. The summed E-state index contributed by atoms with van der Waals surface area (Å²) in [5, 5.41) is 0. The predicted molar refractivity (Wildman–Crippen MR) is 93.9 cm³/mol. The van der Waals surface area contributed by atoms with E-state index < -0.39 is 0 Å². The Hall–Kier alpha value is -1.07. The van der Waals surface area contributed by atoms with Gasteiger partial charge in [-0.3, -0.25) is 4.79 Å². The summed E-state index contributed by atoms with van der Waals surface area (Å²) in [6.45, 7) is 8.35. The van der Waals surface area contributed by atoms with Crippen LogP contribution in [0.5, 0.6) is 5.75 Å². The zero-order valence-corrected chi connectivity index (χ0v) is 15.7. The van der Waals surface area contributed by atoms with Gasteiger partial charge in [0.05, 0.1) is 43.2 Å². The molecule has 0 aromatic heterocycles. The summed E-state index contributed by atoms with van der Waals surface area (Å²) in [6.07, 6.45) is 2.91. The summed E-state index contributed by atoms with van der Waals surface area (Å²) in [4.78, 5) is 13.3. The van der Waals surface area contributed by atoms with Crippen LogP contribution in [0, 0.1) is 12.8 Å². The van der Waals surface area contributed by atoms with Crippen molar-refractivity contribution in [3.05, 3.63) is 28.2 Å². The van der Waals surface area contributed by atoms with Gasteiger partial charge < -0.3 is 14.4 Å². The molecule has 0 atom stereocenters.